The van der Waals surface area contributed by atoms with Crippen molar-refractivity contribution in [1.82, 2.24) is 0 Å². The molecule has 0 bridgehead atoms. The summed E-state index contributed by atoms with van der Waals surface area (Å²) in [5.74, 6) is -0.624. The number of cyclic esters (lactones) is 1. The van der Waals surface area contributed by atoms with Crippen LogP contribution < -0.4 is 0 Å². The molecule has 2 aromatic carbocycles. The van der Waals surface area contributed by atoms with Gasteiger partial charge >= 0.3 is 5.97 Å². The third kappa shape index (κ3) is 3.24. The zero-order valence-electron chi connectivity index (χ0n) is 13.0. The molecule has 3 nitrogen and oxygen atoms in total. The number of rotatable bonds is 4. The van der Waals surface area contributed by atoms with Crippen molar-refractivity contribution < 1.29 is 14.3 Å². The van der Waals surface area contributed by atoms with Crippen molar-refractivity contribution in [3.8, 4) is 0 Å². The van der Waals surface area contributed by atoms with E-state index >= 15 is 0 Å². The highest BCUT2D eigenvalue weighted by Crippen LogP contribution is 2.26. The first kappa shape index (κ1) is 15.2. The molecule has 0 N–H and O–H groups in total. The molecule has 0 atom stereocenters. The Morgan fingerprint density at radius 3 is 2.52 bits per heavy atom. The Kier molecular flexibility index (Phi) is 4.38. The monoisotopic (exact) mass is 306 g/mol. The highest BCUT2D eigenvalue weighted by molar-refractivity contribution is 6.19. The van der Waals surface area contributed by atoms with E-state index in [1.807, 2.05) is 36.4 Å². The van der Waals surface area contributed by atoms with Crippen molar-refractivity contribution in [1.29, 1.82) is 0 Å². The molecule has 0 saturated heterocycles. The zero-order chi connectivity index (χ0) is 16.2. The molecule has 0 radical (unpaired) electrons. The molecule has 1 heterocycles. The second-order valence-corrected chi connectivity index (χ2v) is 5.62. The predicted octanol–water partition coefficient (Wildman–Crippen LogP) is 4.42. The Morgan fingerprint density at radius 2 is 1.78 bits per heavy atom. The van der Waals surface area contributed by atoms with Gasteiger partial charge in [0.1, 0.15) is 0 Å². The van der Waals surface area contributed by atoms with Crippen molar-refractivity contribution in [2.24, 2.45) is 0 Å². The third-order valence-corrected chi connectivity index (χ3v) is 3.89. The van der Waals surface area contributed by atoms with Crippen LogP contribution in [0.1, 0.15) is 51.6 Å². The van der Waals surface area contributed by atoms with Crippen molar-refractivity contribution in [3.05, 3.63) is 76.5 Å². The van der Waals surface area contributed by atoms with Gasteiger partial charge in [0.25, 0.3) is 0 Å². The SMILES string of the molecule is CCCCc1ccc2c(c1)C(=O)OC(=Cc1ccccc1)C2=O. The molecule has 2 aromatic rings. The second kappa shape index (κ2) is 6.61. The van der Waals surface area contributed by atoms with Crippen molar-refractivity contribution >= 4 is 17.8 Å². The molecule has 0 unspecified atom stereocenters. The topological polar surface area (TPSA) is 43.4 Å². The summed E-state index contributed by atoms with van der Waals surface area (Å²) >= 11 is 0. The van der Waals surface area contributed by atoms with E-state index in [0.717, 1.165) is 30.4 Å². The van der Waals surface area contributed by atoms with E-state index in [1.165, 1.54) is 0 Å². The van der Waals surface area contributed by atoms with Gasteiger partial charge in [0.2, 0.25) is 5.78 Å². The molecular weight excluding hydrogens is 288 g/mol. The van der Waals surface area contributed by atoms with Gasteiger partial charge in [0.15, 0.2) is 5.76 Å². The third-order valence-electron chi connectivity index (χ3n) is 3.89. The first-order chi connectivity index (χ1) is 11.2. The van der Waals surface area contributed by atoms with Gasteiger partial charge < -0.3 is 4.74 Å². The maximum atomic E-state index is 12.5. The van der Waals surface area contributed by atoms with Crippen LogP contribution in [0, 0.1) is 0 Å². The molecule has 3 rings (SSSR count). The fourth-order valence-corrected chi connectivity index (χ4v) is 2.62. The average Bonchev–Trinajstić information content (AvgIpc) is 2.58. The molecule has 1 aliphatic rings. The van der Waals surface area contributed by atoms with Gasteiger partial charge in [-0.25, -0.2) is 4.79 Å². The number of carbonyl (C=O) groups is 2. The number of unbranched alkanes of at least 4 members (excludes halogenated alkanes) is 1. The number of hydrogen-bond donors (Lipinski definition) is 0. The van der Waals surface area contributed by atoms with Gasteiger partial charge in [-0.2, -0.15) is 0 Å². The minimum atomic E-state index is -0.458. The number of ketones is 1. The van der Waals surface area contributed by atoms with Crippen LogP contribution in [-0.2, 0) is 11.2 Å². The highest BCUT2D eigenvalue weighted by atomic mass is 16.5. The van der Waals surface area contributed by atoms with Crippen LogP contribution in [0.3, 0.4) is 0 Å². The summed E-state index contributed by atoms with van der Waals surface area (Å²) in [7, 11) is 0. The van der Waals surface area contributed by atoms with E-state index in [9.17, 15) is 9.59 Å². The molecule has 0 spiro atoms. The van der Waals surface area contributed by atoms with Gasteiger partial charge in [-0.3, -0.25) is 4.79 Å². The molecule has 0 amide bonds. The van der Waals surface area contributed by atoms with Crippen LogP contribution in [0.15, 0.2) is 54.3 Å². The maximum absolute atomic E-state index is 12.5. The predicted molar refractivity (Wildman–Crippen MR) is 89.2 cm³/mol. The largest absolute Gasteiger partial charge is 0.419 e. The lowest BCUT2D eigenvalue weighted by Gasteiger charge is -2.18. The van der Waals surface area contributed by atoms with E-state index in [-0.39, 0.29) is 11.5 Å². The Hall–Kier alpha value is -2.68. The van der Waals surface area contributed by atoms with Crippen LogP contribution in [0.4, 0.5) is 0 Å². The maximum Gasteiger partial charge on any atom is 0.344 e. The Bertz CT molecular complexity index is 773. The normalized spacial score (nSPS) is 15.4. The van der Waals surface area contributed by atoms with E-state index < -0.39 is 5.97 Å². The van der Waals surface area contributed by atoms with Crippen LogP contribution >= 0.6 is 0 Å². The fraction of sp³-hybridized carbons (Fsp3) is 0.200. The van der Waals surface area contributed by atoms with E-state index in [2.05, 4.69) is 6.92 Å². The molecule has 23 heavy (non-hydrogen) atoms. The highest BCUT2D eigenvalue weighted by Gasteiger charge is 2.29. The summed E-state index contributed by atoms with van der Waals surface area (Å²) in [5.41, 5.74) is 2.68. The van der Waals surface area contributed by atoms with Crippen LogP contribution in [-0.4, -0.2) is 11.8 Å². The first-order valence-electron chi connectivity index (χ1n) is 7.85. The Labute approximate surface area is 135 Å². The Morgan fingerprint density at radius 1 is 1.00 bits per heavy atom. The number of Topliss-reactive ketones (excluding diaryl/α,β-unsaturated/α-hetero) is 1. The lowest BCUT2D eigenvalue weighted by Crippen LogP contribution is -2.22. The van der Waals surface area contributed by atoms with E-state index in [4.69, 9.17) is 4.74 Å². The van der Waals surface area contributed by atoms with Crippen molar-refractivity contribution in [2.75, 3.05) is 0 Å². The zero-order valence-corrected chi connectivity index (χ0v) is 13.0. The molecule has 0 aliphatic carbocycles. The number of allylic oxidation sites excluding steroid dienone is 1. The number of fused-ring (bicyclic) bond motifs is 1. The summed E-state index contributed by atoms with van der Waals surface area (Å²) in [6, 6.07) is 14.8. The number of hydrogen-bond acceptors (Lipinski definition) is 3. The molecule has 3 heteroatoms. The van der Waals surface area contributed by atoms with Crippen molar-refractivity contribution in [2.45, 2.75) is 26.2 Å². The molecule has 1 aliphatic heterocycles. The molecule has 116 valence electrons. The van der Waals surface area contributed by atoms with Gasteiger partial charge in [-0.05, 0) is 42.2 Å². The molecule has 0 fully saturated rings. The molecule has 0 aromatic heterocycles. The summed E-state index contributed by atoms with van der Waals surface area (Å²) in [6.07, 6.45) is 4.65. The second-order valence-electron chi connectivity index (χ2n) is 5.62. The minimum Gasteiger partial charge on any atom is -0.419 e. The summed E-state index contributed by atoms with van der Waals surface area (Å²) in [5, 5.41) is 0. The number of esters is 1. The fourth-order valence-electron chi connectivity index (χ4n) is 2.62. The van der Waals surface area contributed by atoms with E-state index in [1.54, 1.807) is 18.2 Å². The lowest BCUT2D eigenvalue weighted by atomic mass is 9.95. The Balaban J connectivity index is 1.94. The van der Waals surface area contributed by atoms with Crippen LogP contribution in [0.5, 0.6) is 0 Å². The van der Waals surface area contributed by atoms with Gasteiger partial charge in [-0.1, -0.05) is 49.7 Å². The van der Waals surface area contributed by atoms with Gasteiger partial charge in [0, 0.05) is 5.56 Å². The minimum absolute atomic E-state index is 0.0787. The standard InChI is InChI=1S/C20H18O3/c1-2-3-7-15-10-11-16-17(12-15)20(22)23-18(19(16)21)13-14-8-5-4-6-9-14/h4-6,8-13H,2-3,7H2,1H3. The summed E-state index contributed by atoms with van der Waals surface area (Å²) in [4.78, 5) is 24.8. The first-order valence-corrected chi connectivity index (χ1v) is 7.85. The quantitative estimate of drug-likeness (QED) is 0.620. The number of ether oxygens (including phenoxy) is 1. The average molecular weight is 306 g/mol. The van der Waals surface area contributed by atoms with Crippen molar-refractivity contribution in [3.63, 3.8) is 0 Å². The van der Waals surface area contributed by atoms with Crippen LogP contribution in [0.2, 0.25) is 0 Å². The number of benzene rings is 2. The summed E-state index contributed by atoms with van der Waals surface area (Å²) < 4.78 is 5.26. The molecule has 0 saturated carbocycles. The van der Waals surface area contributed by atoms with E-state index in [0.29, 0.717) is 11.1 Å². The molecular formula is C20H18O3. The smallest absolute Gasteiger partial charge is 0.344 e. The number of carbonyl (C=O) groups excluding carboxylic acids is 2. The van der Waals surface area contributed by atoms with Crippen LogP contribution in [0.25, 0.3) is 6.08 Å². The van der Waals surface area contributed by atoms with Gasteiger partial charge in [0.05, 0.1) is 5.56 Å². The van der Waals surface area contributed by atoms with Gasteiger partial charge in [-0.15, -0.1) is 0 Å². The lowest BCUT2D eigenvalue weighted by molar-refractivity contribution is 0.0567. The number of aryl methyl sites for hydroxylation is 1. The summed E-state index contributed by atoms with van der Waals surface area (Å²) in [6.45, 7) is 2.12.